The summed E-state index contributed by atoms with van der Waals surface area (Å²) in [5.74, 6) is 1.20. The Hall–Kier alpha value is -2.69. The predicted octanol–water partition coefficient (Wildman–Crippen LogP) is 3.23. The molecule has 0 fully saturated rings. The molecule has 0 saturated carbocycles. The second-order valence-corrected chi connectivity index (χ2v) is 5.33. The van der Waals surface area contributed by atoms with Crippen molar-refractivity contribution in [2.45, 2.75) is 13.3 Å². The molecule has 2 N–H and O–H groups in total. The van der Waals surface area contributed by atoms with Gasteiger partial charge in [-0.05, 0) is 48.4 Å². The number of anilines is 1. The first kappa shape index (κ1) is 16.7. The third-order valence-corrected chi connectivity index (χ3v) is 3.57. The molecule has 1 unspecified atom stereocenters. The van der Waals surface area contributed by atoms with Gasteiger partial charge in [-0.15, -0.1) is 0 Å². The average Bonchev–Trinajstić information content (AvgIpc) is 2.56. The van der Waals surface area contributed by atoms with Gasteiger partial charge in [0.15, 0.2) is 11.5 Å². The molecule has 0 bridgehead atoms. The number of carbonyl (C=O) groups is 1. The zero-order valence-corrected chi connectivity index (χ0v) is 13.5. The van der Waals surface area contributed by atoms with E-state index in [9.17, 15) is 9.90 Å². The van der Waals surface area contributed by atoms with Gasteiger partial charge in [-0.2, -0.15) is 0 Å². The van der Waals surface area contributed by atoms with Crippen molar-refractivity contribution < 1.29 is 19.4 Å². The van der Waals surface area contributed by atoms with Gasteiger partial charge >= 0.3 is 0 Å². The Balaban J connectivity index is 2.01. The molecule has 0 saturated heterocycles. The topological polar surface area (TPSA) is 67.8 Å². The van der Waals surface area contributed by atoms with E-state index in [2.05, 4.69) is 5.32 Å². The first-order valence-electron chi connectivity index (χ1n) is 7.34. The largest absolute Gasteiger partial charge is 0.508 e. The molecule has 0 aromatic heterocycles. The van der Waals surface area contributed by atoms with Gasteiger partial charge in [0.05, 0.1) is 14.2 Å². The number of carbonyl (C=O) groups excluding carboxylic acids is 1. The molecule has 23 heavy (non-hydrogen) atoms. The van der Waals surface area contributed by atoms with E-state index in [0.29, 0.717) is 23.6 Å². The van der Waals surface area contributed by atoms with Gasteiger partial charge in [0.2, 0.25) is 5.91 Å². The second kappa shape index (κ2) is 7.54. The van der Waals surface area contributed by atoms with E-state index in [4.69, 9.17) is 9.47 Å². The van der Waals surface area contributed by atoms with Crippen LogP contribution < -0.4 is 14.8 Å². The van der Waals surface area contributed by atoms with Crippen LogP contribution in [0.5, 0.6) is 17.2 Å². The van der Waals surface area contributed by atoms with Crippen LogP contribution in [0, 0.1) is 5.92 Å². The van der Waals surface area contributed by atoms with E-state index in [1.807, 2.05) is 25.1 Å². The molecule has 1 amide bonds. The smallest absolute Gasteiger partial charge is 0.227 e. The third kappa shape index (κ3) is 4.39. The number of amides is 1. The van der Waals surface area contributed by atoms with E-state index in [1.54, 1.807) is 26.4 Å². The number of aromatic hydroxyl groups is 1. The summed E-state index contributed by atoms with van der Waals surface area (Å²) in [6.07, 6.45) is 0.588. The molecule has 0 aliphatic heterocycles. The fourth-order valence-corrected chi connectivity index (χ4v) is 2.26. The van der Waals surface area contributed by atoms with Gasteiger partial charge < -0.3 is 19.9 Å². The summed E-state index contributed by atoms with van der Waals surface area (Å²) in [5.41, 5.74) is 1.66. The number of methoxy groups -OCH3 is 2. The number of benzene rings is 2. The Morgan fingerprint density at radius 1 is 1.09 bits per heavy atom. The quantitative estimate of drug-likeness (QED) is 0.803. The number of phenolic OH excluding ortho intramolecular Hbond substituents is 1. The van der Waals surface area contributed by atoms with E-state index < -0.39 is 0 Å². The maximum Gasteiger partial charge on any atom is 0.227 e. The van der Waals surface area contributed by atoms with Crippen LogP contribution in [0.25, 0.3) is 0 Å². The van der Waals surface area contributed by atoms with Crippen molar-refractivity contribution in [1.29, 1.82) is 0 Å². The predicted molar refractivity (Wildman–Crippen MR) is 89.2 cm³/mol. The normalized spacial score (nSPS) is 11.6. The number of nitrogens with one attached hydrogen (secondary N) is 1. The summed E-state index contributed by atoms with van der Waals surface area (Å²) in [5, 5.41) is 12.1. The van der Waals surface area contributed by atoms with Gasteiger partial charge in [0.1, 0.15) is 5.75 Å². The Bertz CT molecular complexity index is 667. The summed E-state index contributed by atoms with van der Waals surface area (Å²) in [6, 6.07) is 12.0. The number of phenols is 1. The third-order valence-electron chi connectivity index (χ3n) is 3.57. The maximum absolute atomic E-state index is 12.2. The molecule has 5 nitrogen and oxygen atoms in total. The highest BCUT2D eigenvalue weighted by Crippen LogP contribution is 2.28. The van der Waals surface area contributed by atoms with Crippen molar-refractivity contribution in [2.24, 2.45) is 5.92 Å². The number of rotatable bonds is 6. The molecule has 0 aliphatic rings. The first-order valence-corrected chi connectivity index (χ1v) is 7.34. The molecule has 0 heterocycles. The minimum atomic E-state index is -0.207. The van der Waals surface area contributed by atoms with Crippen LogP contribution >= 0.6 is 0 Å². The fraction of sp³-hybridized carbons (Fsp3) is 0.278. The van der Waals surface area contributed by atoms with E-state index >= 15 is 0 Å². The van der Waals surface area contributed by atoms with E-state index in [0.717, 1.165) is 5.56 Å². The SMILES string of the molecule is COc1ccc(CC(C)C(=O)Nc2ccc(O)cc2)cc1OC. The van der Waals surface area contributed by atoms with E-state index in [-0.39, 0.29) is 17.6 Å². The lowest BCUT2D eigenvalue weighted by molar-refractivity contribution is -0.119. The molecule has 2 aromatic carbocycles. The molecule has 2 rings (SSSR count). The molecular weight excluding hydrogens is 294 g/mol. The molecule has 0 radical (unpaired) electrons. The zero-order valence-electron chi connectivity index (χ0n) is 13.5. The highest BCUT2D eigenvalue weighted by atomic mass is 16.5. The Kier molecular flexibility index (Phi) is 5.46. The maximum atomic E-state index is 12.2. The van der Waals surface area contributed by atoms with E-state index in [1.165, 1.54) is 12.1 Å². The summed E-state index contributed by atoms with van der Waals surface area (Å²) >= 11 is 0. The molecular formula is C18H21NO4. The van der Waals surface area contributed by atoms with Gasteiger partial charge in [-0.3, -0.25) is 4.79 Å². The van der Waals surface area contributed by atoms with Crippen molar-refractivity contribution in [3.63, 3.8) is 0 Å². The standard InChI is InChI=1S/C18H21NO4/c1-12(18(21)19-14-5-7-15(20)8-6-14)10-13-4-9-16(22-2)17(11-13)23-3/h4-9,11-12,20H,10H2,1-3H3,(H,19,21). The summed E-state index contributed by atoms with van der Waals surface area (Å²) in [7, 11) is 3.17. The molecule has 0 aliphatic carbocycles. The van der Waals surface area contributed by atoms with Crippen LogP contribution in [0.2, 0.25) is 0 Å². The number of hydrogen-bond donors (Lipinski definition) is 2. The van der Waals surface area contributed by atoms with Crippen LogP contribution in [-0.2, 0) is 11.2 Å². The van der Waals surface area contributed by atoms with Gasteiger partial charge in [0, 0.05) is 11.6 Å². The minimum absolute atomic E-state index is 0.0783. The van der Waals surface area contributed by atoms with Crippen LogP contribution in [0.15, 0.2) is 42.5 Å². The summed E-state index contributed by atoms with van der Waals surface area (Å²) in [6.45, 7) is 1.87. The van der Waals surface area contributed by atoms with Crippen LogP contribution in [0.1, 0.15) is 12.5 Å². The van der Waals surface area contributed by atoms with Crippen LogP contribution in [0.4, 0.5) is 5.69 Å². The van der Waals surface area contributed by atoms with Crippen molar-refractivity contribution >= 4 is 11.6 Å². The molecule has 1 atom stereocenters. The first-order chi connectivity index (χ1) is 11.0. The highest BCUT2D eigenvalue weighted by Gasteiger charge is 2.15. The second-order valence-electron chi connectivity index (χ2n) is 5.33. The molecule has 0 spiro atoms. The number of ether oxygens (including phenoxy) is 2. The lowest BCUT2D eigenvalue weighted by atomic mass is 10.00. The van der Waals surface area contributed by atoms with Gasteiger partial charge in [-0.1, -0.05) is 13.0 Å². The Morgan fingerprint density at radius 2 is 1.74 bits per heavy atom. The van der Waals surface area contributed by atoms with Gasteiger partial charge in [0.25, 0.3) is 0 Å². The number of hydrogen-bond acceptors (Lipinski definition) is 4. The summed E-state index contributed by atoms with van der Waals surface area (Å²) in [4.78, 5) is 12.2. The van der Waals surface area contributed by atoms with Crippen molar-refractivity contribution in [3.8, 4) is 17.2 Å². The van der Waals surface area contributed by atoms with Crippen molar-refractivity contribution in [3.05, 3.63) is 48.0 Å². The van der Waals surface area contributed by atoms with Crippen molar-refractivity contribution in [2.75, 3.05) is 19.5 Å². The molecule has 122 valence electrons. The summed E-state index contributed by atoms with van der Waals surface area (Å²) < 4.78 is 10.5. The fourth-order valence-electron chi connectivity index (χ4n) is 2.26. The van der Waals surface area contributed by atoms with Gasteiger partial charge in [-0.25, -0.2) is 0 Å². The molecule has 5 heteroatoms. The molecule has 2 aromatic rings. The lowest BCUT2D eigenvalue weighted by Crippen LogP contribution is -2.22. The highest BCUT2D eigenvalue weighted by molar-refractivity contribution is 5.92. The zero-order chi connectivity index (χ0) is 16.8. The Morgan fingerprint density at radius 3 is 2.35 bits per heavy atom. The average molecular weight is 315 g/mol. The van der Waals surface area contributed by atoms with Crippen LogP contribution in [-0.4, -0.2) is 25.2 Å². The lowest BCUT2D eigenvalue weighted by Gasteiger charge is -2.14. The Labute approximate surface area is 135 Å². The van der Waals surface area contributed by atoms with Crippen molar-refractivity contribution in [1.82, 2.24) is 0 Å². The minimum Gasteiger partial charge on any atom is -0.508 e. The van der Waals surface area contributed by atoms with Crippen LogP contribution in [0.3, 0.4) is 0 Å². The monoisotopic (exact) mass is 315 g/mol.